The van der Waals surface area contributed by atoms with Gasteiger partial charge in [-0.2, -0.15) is 0 Å². The van der Waals surface area contributed by atoms with Crippen LogP contribution in [-0.2, 0) is 42.6 Å². The summed E-state index contributed by atoms with van der Waals surface area (Å²) in [5, 5.41) is 30.9. The maximum Gasteiger partial charge on any atom is 0.186 e. The number of hydrogen-bond donors (Lipinski definition) is 3. The largest absolute Gasteiger partial charge is 0.390 e. The molecule has 0 radical (unpaired) electrons. The molecule has 3 N–H and O–H groups in total. The van der Waals surface area contributed by atoms with E-state index in [1.54, 1.807) is 0 Å². The van der Waals surface area contributed by atoms with Crippen LogP contribution in [0.3, 0.4) is 0 Å². The second kappa shape index (κ2) is 19.6. The Morgan fingerprint density at radius 1 is 0.872 bits per heavy atom. The molecule has 2 aliphatic heterocycles. The summed E-state index contributed by atoms with van der Waals surface area (Å²) in [4.78, 5) is 0. The van der Waals surface area contributed by atoms with Crippen molar-refractivity contribution in [2.24, 2.45) is 5.92 Å². The lowest BCUT2D eigenvalue weighted by molar-refractivity contribution is -0.296. The van der Waals surface area contributed by atoms with Crippen molar-refractivity contribution in [2.75, 3.05) is 73.2 Å². The summed E-state index contributed by atoms with van der Waals surface area (Å²) in [6.45, 7) is 10.9. The van der Waals surface area contributed by atoms with Crippen molar-refractivity contribution in [1.82, 2.24) is 0 Å². The second-order valence-electron chi connectivity index (χ2n) is 10.5. The van der Waals surface area contributed by atoms with Crippen LogP contribution >= 0.6 is 0 Å². The van der Waals surface area contributed by atoms with Crippen LogP contribution in [0.4, 0.5) is 0 Å². The van der Waals surface area contributed by atoms with Gasteiger partial charge in [-0.15, -0.1) is 0 Å². The van der Waals surface area contributed by atoms with Crippen molar-refractivity contribution in [3.05, 3.63) is 0 Å². The van der Waals surface area contributed by atoms with Crippen molar-refractivity contribution >= 4 is 0 Å². The molecule has 0 aliphatic carbocycles. The molecule has 232 valence electrons. The van der Waals surface area contributed by atoms with Gasteiger partial charge in [0, 0.05) is 19.6 Å². The van der Waals surface area contributed by atoms with E-state index >= 15 is 0 Å². The van der Waals surface area contributed by atoms with E-state index in [1.807, 2.05) is 20.8 Å². The highest BCUT2D eigenvalue weighted by atomic mass is 16.7. The van der Waals surface area contributed by atoms with Crippen LogP contribution in [0.1, 0.15) is 40.5 Å². The van der Waals surface area contributed by atoms with E-state index in [-0.39, 0.29) is 63.9 Å². The van der Waals surface area contributed by atoms with Crippen molar-refractivity contribution < 1.29 is 58.0 Å². The number of aliphatic hydroxyl groups excluding tert-OH is 3. The smallest absolute Gasteiger partial charge is 0.186 e. The fourth-order valence-electron chi connectivity index (χ4n) is 3.92. The zero-order chi connectivity index (χ0) is 28.6. The summed E-state index contributed by atoms with van der Waals surface area (Å²) in [5.74, 6) is -0.273. The van der Waals surface area contributed by atoms with Crippen molar-refractivity contribution in [3.8, 4) is 0 Å². The van der Waals surface area contributed by atoms with Gasteiger partial charge in [0.2, 0.25) is 0 Å². The minimum atomic E-state index is -0.841. The van der Waals surface area contributed by atoms with Gasteiger partial charge >= 0.3 is 0 Å². The first-order valence-electron chi connectivity index (χ1n) is 14.2. The average Bonchev–Trinajstić information content (AvgIpc) is 3.75. The Bertz CT molecular complexity index is 607. The molecular formula is C27H52O12. The fraction of sp³-hybridized carbons (Fsp3) is 1.00. The van der Waals surface area contributed by atoms with Gasteiger partial charge in [-0.25, -0.2) is 0 Å². The zero-order valence-electron chi connectivity index (χ0n) is 24.3. The molecule has 2 rings (SSSR count). The molecule has 2 aliphatic rings. The molecule has 8 unspecified atom stereocenters. The summed E-state index contributed by atoms with van der Waals surface area (Å²) < 4.78 is 50.3. The van der Waals surface area contributed by atoms with E-state index in [2.05, 4.69) is 6.92 Å². The Morgan fingerprint density at radius 2 is 1.49 bits per heavy atom. The van der Waals surface area contributed by atoms with Crippen LogP contribution in [0.15, 0.2) is 0 Å². The Kier molecular flexibility index (Phi) is 17.5. The van der Waals surface area contributed by atoms with Crippen LogP contribution in [-0.4, -0.2) is 144 Å². The third-order valence-corrected chi connectivity index (χ3v) is 6.54. The van der Waals surface area contributed by atoms with E-state index in [4.69, 9.17) is 42.6 Å². The molecule has 0 aromatic carbocycles. The molecule has 2 saturated heterocycles. The maximum absolute atomic E-state index is 10.9. The molecule has 39 heavy (non-hydrogen) atoms. The third kappa shape index (κ3) is 14.3. The van der Waals surface area contributed by atoms with Crippen molar-refractivity contribution in [3.63, 3.8) is 0 Å². The van der Waals surface area contributed by atoms with Gasteiger partial charge in [0.25, 0.3) is 0 Å². The Hall–Kier alpha value is -0.480. The molecule has 0 aromatic heterocycles. The number of ether oxygens (including phenoxy) is 9. The van der Waals surface area contributed by atoms with Crippen molar-refractivity contribution in [1.29, 1.82) is 0 Å². The van der Waals surface area contributed by atoms with Crippen LogP contribution in [0.5, 0.6) is 0 Å². The molecule has 2 heterocycles. The molecule has 12 heteroatoms. The Labute approximate surface area is 233 Å². The summed E-state index contributed by atoms with van der Waals surface area (Å²) in [6, 6.07) is 0. The van der Waals surface area contributed by atoms with Crippen molar-refractivity contribution in [2.45, 2.75) is 95.7 Å². The fourth-order valence-corrected chi connectivity index (χ4v) is 3.92. The maximum atomic E-state index is 10.9. The van der Waals surface area contributed by atoms with Crippen LogP contribution in [0.2, 0.25) is 0 Å². The number of methoxy groups -OCH3 is 1. The normalized spacial score (nSPS) is 30.2. The van der Waals surface area contributed by atoms with Crippen LogP contribution in [0.25, 0.3) is 0 Å². The minimum absolute atomic E-state index is 0.134. The lowest BCUT2D eigenvalue weighted by Crippen LogP contribution is -2.56. The molecule has 0 spiro atoms. The van der Waals surface area contributed by atoms with E-state index in [9.17, 15) is 15.3 Å². The highest BCUT2D eigenvalue weighted by Crippen LogP contribution is 2.29. The highest BCUT2D eigenvalue weighted by Gasteiger charge is 2.44. The molecule has 12 nitrogen and oxygen atoms in total. The SMILES string of the molecule is CCCCOCC(O)COC(C)COC1[C@H](OC)OC(COCC(C)OCC(O)COCC2CO2)C(C)[C@H]1O. The topological polar surface area (TPSA) is 147 Å². The van der Waals surface area contributed by atoms with E-state index < -0.39 is 36.8 Å². The quantitative estimate of drug-likeness (QED) is 0.117. The van der Waals surface area contributed by atoms with Gasteiger partial charge in [-0.1, -0.05) is 20.3 Å². The number of unbranched alkanes of at least 4 members (excludes halogenated alkanes) is 1. The van der Waals surface area contributed by atoms with Gasteiger partial charge in [-0.3, -0.25) is 0 Å². The minimum Gasteiger partial charge on any atom is -0.390 e. The first-order valence-corrected chi connectivity index (χ1v) is 14.2. The van der Waals surface area contributed by atoms with Crippen LogP contribution < -0.4 is 0 Å². The molecule has 2 fully saturated rings. The summed E-state index contributed by atoms with van der Waals surface area (Å²) in [7, 11) is 1.50. The van der Waals surface area contributed by atoms with Gasteiger partial charge < -0.3 is 58.0 Å². The molecule has 0 amide bonds. The zero-order valence-corrected chi connectivity index (χ0v) is 24.3. The van der Waals surface area contributed by atoms with E-state index in [0.29, 0.717) is 19.8 Å². The van der Waals surface area contributed by atoms with Crippen LogP contribution in [0, 0.1) is 5.92 Å². The summed E-state index contributed by atoms with van der Waals surface area (Å²) in [5.41, 5.74) is 0. The second-order valence-corrected chi connectivity index (χ2v) is 10.5. The number of aliphatic hydroxyl groups is 3. The predicted octanol–water partition coefficient (Wildman–Crippen LogP) is 0.521. The summed E-state index contributed by atoms with van der Waals surface area (Å²) in [6.07, 6.45) is -2.54. The molecule has 0 saturated carbocycles. The molecule has 0 aromatic rings. The van der Waals surface area contributed by atoms with E-state index in [0.717, 1.165) is 19.4 Å². The third-order valence-electron chi connectivity index (χ3n) is 6.54. The molecule has 10 atom stereocenters. The van der Waals surface area contributed by atoms with E-state index in [1.165, 1.54) is 7.11 Å². The average molecular weight is 569 g/mol. The lowest BCUT2D eigenvalue weighted by Gasteiger charge is -2.43. The first kappa shape index (κ1) is 34.7. The summed E-state index contributed by atoms with van der Waals surface area (Å²) >= 11 is 0. The monoisotopic (exact) mass is 568 g/mol. The highest BCUT2D eigenvalue weighted by molar-refractivity contribution is 4.88. The molecular weight excluding hydrogens is 516 g/mol. The number of hydrogen-bond acceptors (Lipinski definition) is 12. The van der Waals surface area contributed by atoms with Gasteiger partial charge in [0.1, 0.15) is 24.4 Å². The lowest BCUT2D eigenvalue weighted by atomic mass is 9.91. The first-order chi connectivity index (χ1) is 18.7. The predicted molar refractivity (Wildman–Crippen MR) is 141 cm³/mol. The standard InChI is InChI=1S/C27H52O12/c1-6-7-8-32-11-21(28)13-36-19(3)10-38-26-25(30)20(4)24(39-27(26)31-5)17-33-9-18(2)35-14-22(29)12-34-15-23-16-37-23/h18-30H,6-17H2,1-5H3/t18?,19?,20?,21?,22?,23?,24?,25-,26?,27-/m1/s1. The number of rotatable bonds is 23. The van der Waals surface area contributed by atoms with Gasteiger partial charge in [0.05, 0.1) is 83.9 Å². The number of epoxide rings is 1. The Morgan fingerprint density at radius 3 is 2.10 bits per heavy atom. The van der Waals surface area contributed by atoms with Gasteiger partial charge in [-0.05, 0) is 20.3 Å². The van der Waals surface area contributed by atoms with Gasteiger partial charge in [0.15, 0.2) is 6.29 Å². The molecule has 0 bridgehead atoms. The Balaban J connectivity index is 1.63.